The highest BCUT2D eigenvalue weighted by atomic mass is 16.5. The Labute approximate surface area is 175 Å². The molecule has 148 valence electrons. The van der Waals surface area contributed by atoms with Gasteiger partial charge in [0, 0.05) is 17.8 Å². The molecular weight excluding hydrogens is 374 g/mol. The van der Waals surface area contributed by atoms with Crippen molar-refractivity contribution in [1.29, 1.82) is 0 Å². The van der Waals surface area contributed by atoms with Gasteiger partial charge < -0.3 is 9.64 Å². The minimum absolute atomic E-state index is 0.0173. The molecule has 0 saturated heterocycles. The fourth-order valence-corrected chi connectivity index (χ4v) is 3.83. The van der Waals surface area contributed by atoms with Gasteiger partial charge in [0.05, 0.1) is 22.9 Å². The minimum atomic E-state index is -0.0216. The lowest BCUT2D eigenvalue weighted by molar-refractivity contribution is -0.120. The zero-order valence-corrected chi connectivity index (χ0v) is 16.5. The summed E-state index contributed by atoms with van der Waals surface area (Å²) >= 11 is 0. The van der Waals surface area contributed by atoms with E-state index in [1.807, 2.05) is 71.6 Å². The number of carbonyl (C=O) groups excluding carboxylic acids is 1. The largest absolute Gasteiger partial charge is 0.484 e. The van der Waals surface area contributed by atoms with Crippen LogP contribution in [-0.4, -0.2) is 29.0 Å². The van der Waals surface area contributed by atoms with Crippen molar-refractivity contribution in [3.63, 3.8) is 0 Å². The number of benzene rings is 3. The first-order valence-corrected chi connectivity index (χ1v) is 10.1. The van der Waals surface area contributed by atoms with Crippen LogP contribution in [0.5, 0.6) is 5.75 Å². The Kier molecular flexibility index (Phi) is 4.85. The second kappa shape index (κ2) is 7.95. The molecule has 5 nitrogen and oxygen atoms in total. The molecule has 0 fully saturated rings. The lowest BCUT2D eigenvalue weighted by Gasteiger charge is -2.29. The van der Waals surface area contributed by atoms with E-state index in [2.05, 4.69) is 16.0 Å². The predicted molar refractivity (Wildman–Crippen MR) is 118 cm³/mol. The number of hydrogen-bond acceptors (Lipinski definition) is 4. The molecule has 3 aromatic carbocycles. The molecule has 1 aliphatic rings. The first-order chi connectivity index (χ1) is 14.8. The molecule has 0 radical (unpaired) electrons. The maximum atomic E-state index is 12.7. The summed E-state index contributed by atoms with van der Waals surface area (Å²) < 4.78 is 5.77. The topological polar surface area (TPSA) is 55.3 Å². The summed E-state index contributed by atoms with van der Waals surface area (Å²) in [5.74, 6) is 0.637. The predicted octanol–water partition coefficient (Wildman–Crippen LogP) is 4.66. The molecular formula is C25H21N3O2. The van der Waals surface area contributed by atoms with E-state index in [-0.39, 0.29) is 12.5 Å². The number of aromatic nitrogens is 2. The second-order valence-electron chi connectivity index (χ2n) is 7.33. The molecule has 2 heterocycles. The highest BCUT2D eigenvalue weighted by molar-refractivity contribution is 5.95. The zero-order valence-electron chi connectivity index (χ0n) is 16.5. The number of ether oxygens (including phenoxy) is 1. The molecule has 0 N–H and O–H groups in total. The SMILES string of the molecule is O=C(COc1ccc(-c2cnc3ccccc3n2)cc1)N1CCCc2ccccc21. The van der Waals surface area contributed by atoms with Crippen molar-refractivity contribution >= 4 is 22.6 Å². The highest BCUT2D eigenvalue weighted by Crippen LogP contribution is 2.27. The second-order valence-corrected chi connectivity index (χ2v) is 7.33. The van der Waals surface area contributed by atoms with Crippen LogP contribution >= 0.6 is 0 Å². The third kappa shape index (κ3) is 3.62. The Balaban J connectivity index is 1.27. The van der Waals surface area contributed by atoms with Gasteiger partial charge in [-0.1, -0.05) is 30.3 Å². The van der Waals surface area contributed by atoms with Crippen molar-refractivity contribution in [3.8, 4) is 17.0 Å². The summed E-state index contributed by atoms with van der Waals surface area (Å²) in [4.78, 5) is 23.7. The smallest absolute Gasteiger partial charge is 0.264 e. The maximum absolute atomic E-state index is 12.7. The lowest BCUT2D eigenvalue weighted by Crippen LogP contribution is -2.38. The van der Waals surface area contributed by atoms with E-state index in [1.54, 1.807) is 6.20 Å². The van der Waals surface area contributed by atoms with Gasteiger partial charge in [0.2, 0.25) is 0 Å². The van der Waals surface area contributed by atoms with Crippen LogP contribution in [0.25, 0.3) is 22.3 Å². The average molecular weight is 395 g/mol. The molecule has 0 aliphatic carbocycles. The van der Waals surface area contributed by atoms with Gasteiger partial charge in [0.25, 0.3) is 5.91 Å². The van der Waals surface area contributed by atoms with Crippen molar-refractivity contribution < 1.29 is 9.53 Å². The van der Waals surface area contributed by atoms with Gasteiger partial charge in [-0.3, -0.25) is 9.78 Å². The van der Waals surface area contributed by atoms with Gasteiger partial charge in [-0.15, -0.1) is 0 Å². The van der Waals surface area contributed by atoms with E-state index in [0.29, 0.717) is 5.75 Å². The molecule has 1 aliphatic heterocycles. The van der Waals surface area contributed by atoms with E-state index in [0.717, 1.165) is 47.4 Å². The number of anilines is 1. The van der Waals surface area contributed by atoms with Crippen LogP contribution in [0.15, 0.2) is 79.0 Å². The van der Waals surface area contributed by atoms with Crippen molar-refractivity contribution in [2.45, 2.75) is 12.8 Å². The molecule has 30 heavy (non-hydrogen) atoms. The number of fused-ring (bicyclic) bond motifs is 2. The molecule has 0 atom stereocenters. The summed E-state index contributed by atoms with van der Waals surface area (Å²) in [6, 6.07) is 23.5. The number of rotatable bonds is 4. The van der Waals surface area contributed by atoms with E-state index in [1.165, 1.54) is 5.56 Å². The standard InChI is InChI=1S/C25H21N3O2/c29-25(28-15-5-7-19-6-1-4-10-24(19)28)17-30-20-13-11-18(12-14-20)23-16-26-21-8-2-3-9-22(21)27-23/h1-4,6,8-14,16H,5,7,15,17H2. The minimum Gasteiger partial charge on any atom is -0.484 e. The van der Waals surface area contributed by atoms with E-state index in [9.17, 15) is 4.79 Å². The van der Waals surface area contributed by atoms with Gasteiger partial charge in [-0.25, -0.2) is 4.98 Å². The first kappa shape index (κ1) is 18.3. The average Bonchev–Trinajstić information content (AvgIpc) is 2.82. The van der Waals surface area contributed by atoms with Crippen LogP contribution in [0.1, 0.15) is 12.0 Å². The number of para-hydroxylation sites is 3. The molecule has 4 aromatic rings. The maximum Gasteiger partial charge on any atom is 0.264 e. The van der Waals surface area contributed by atoms with Crippen molar-refractivity contribution in [1.82, 2.24) is 9.97 Å². The summed E-state index contributed by atoms with van der Waals surface area (Å²) in [6.45, 7) is 0.752. The molecule has 5 heteroatoms. The number of aryl methyl sites for hydroxylation is 1. The van der Waals surface area contributed by atoms with E-state index in [4.69, 9.17) is 4.74 Å². The third-order valence-corrected chi connectivity index (χ3v) is 5.37. The molecule has 0 spiro atoms. The Morgan fingerprint density at radius 2 is 1.70 bits per heavy atom. The first-order valence-electron chi connectivity index (χ1n) is 10.1. The molecule has 5 rings (SSSR count). The Hall–Kier alpha value is -3.73. The van der Waals surface area contributed by atoms with E-state index < -0.39 is 0 Å². The number of hydrogen-bond donors (Lipinski definition) is 0. The molecule has 1 aromatic heterocycles. The van der Waals surface area contributed by atoms with Crippen LogP contribution in [0.3, 0.4) is 0 Å². The third-order valence-electron chi connectivity index (χ3n) is 5.37. The van der Waals surface area contributed by atoms with Gasteiger partial charge in [0.15, 0.2) is 6.61 Å². The summed E-state index contributed by atoms with van der Waals surface area (Å²) in [5, 5.41) is 0. The van der Waals surface area contributed by atoms with Crippen LogP contribution in [-0.2, 0) is 11.2 Å². The number of nitrogens with zero attached hydrogens (tertiary/aromatic N) is 3. The summed E-state index contributed by atoms with van der Waals surface area (Å²) in [5.41, 5.74) is 5.72. The van der Waals surface area contributed by atoms with Crippen LogP contribution in [0, 0.1) is 0 Å². The number of carbonyl (C=O) groups is 1. The van der Waals surface area contributed by atoms with Gasteiger partial charge >= 0.3 is 0 Å². The molecule has 0 bridgehead atoms. The molecule has 1 amide bonds. The van der Waals surface area contributed by atoms with Crippen molar-refractivity contribution in [3.05, 3.63) is 84.6 Å². The Morgan fingerprint density at radius 3 is 2.57 bits per heavy atom. The van der Waals surface area contributed by atoms with Crippen LogP contribution in [0.4, 0.5) is 5.69 Å². The lowest BCUT2D eigenvalue weighted by atomic mass is 10.0. The van der Waals surface area contributed by atoms with Crippen molar-refractivity contribution in [2.24, 2.45) is 0 Å². The Morgan fingerprint density at radius 1 is 0.933 bits per heavy atom. The zero-order chi connectivity index (χ0) is 20.3. The fourth-order valence-electron chi connectivity index (χ4n) is 3.83. The van der Waals surface area contributed by atoms with Crippen LogP contribution < -0.4 is 9.64 Å². The van der Waals surface area contributed by atoms with Crippen LogP contribution in [0.2, 0.25) is 0 Å². The summed E-state index contributed by atoms with van der Waals surface area (Å²) in [6.07, 6.45) is 3.76. The number of amides is 1. The van der Waals surface area contributed by atoms with Gasteiger partial charge in [-0.2, -0.15) is 0 Å². The monoisotopic (exact) mass is 395 g/mol. The van der Waals surface area contributed by atoms with Gasteiger partial charge in [-0.05, 0) is 60.9 Å². The highest BCUT2D eigenvalue weighted by Gasteiger charge is 2.22. The van der Waals surface area contributed by atoms with Gasteiger partial charge in [0.1, 0.15) is 5.75 Å². The molecule has 0 unspecified atom stereocenters. The fraction of sp³-hybridized carbons (Fsp3) is 0.160. The quantitative estimate of drug-likeness (QED) is 0.505. The molecule has 0 saturated carbocycles. The van der Waals surface area contributed by atoms with Crippen molar-refractivity contribution in [2.75, 3.05) is 18.1 Å². The normalized spacial score (nSPS) is 13.1. The van der Waals surface area contributed by atoms with E-state index >= 15 is 0 Å². The Bertz CT molecular complexity index is 1200. The summed E-state index contributed by atoms with van der Waals surface area (Å²) in [7, 11) is 0.